The number of fused-ring (bicyclic) bond motifs is 1. The zero-order chi connectivity index (χ0) is 30.5. The molecule has 2 aromatic carbocycles. The van der Waals surface area contributed by atoms with E-state index in [1.165, 1.54) is 88.1 Å². The van der Waals surface area contributed by atoms with Crippen molar-refractivity contribution in [3.63, 3.8) is 0 Å². The van der Waals surface area contributed by atoms with E-state index in [-0.39, 0.29) is 44.6 Å². The van der Waals surface area contributed by atoms with Crippen molar-refractivity contribution in [3.8, 4) is 5.75 Å². The van der Waals surface area contributed by atoms with Gasteiger partial charge in [0, 0.05) is 29.7 Å². The van der Waals surface area contributed by atoms with Gasteiger partial charge in [-0.25, -0.2) is 17.2 Å². The lowest BCUT2D eigenvalue weighted by atomic mass is 9.75. The lowest BCUT2D eigenvalue weighted by molar-refractivity contribution is -0.123. The molecule has 1 amide bonds. The number of ether oxygens (including phenoxy) is 1. The summed E-state index contributed by atoms with van der Waals surface area (Å²) in [6.07, 6.45) is 10.7. The Labute approximate surface area is 258 Å². The maximum atomic E-state index is 13.3. The van der Waals surface area contributed by atoms with Crippen LogP contribution in [0.1, 0.15) is 76.2 Å². The molecule has 11 heteroatoms. The number of piperidine rings is 1. The SMILES string of the molecule is O=C(NCc1ccc(S(=O)(=O)c2cc(Cl)ccc2OCC(F)F)cc1)C1CC2CNC3(CCCCCCCCC3)CC2N1. The average Bonchev–Trinajstić information content (AvgIpc) is 3.42. The molecule has 1 aliphatic carbocycles. The molecule has 1 spiro atoms. The normalized spacial score (nSPS) is 24.4. The van der Waals surface area contributed by atoms with Gasteiger partial charge in [0.2, 0.25) is 15.7 Å². The minimum atomic E-state index is -4.09. The summed E-state index contributed by atoms with van der Waals surface area (Å²) in [5.41, 5.74) is 0.921. The van der Waals surface area contributed by atoms with Crippen LogP contribution >= 0.6 is 11.6 Å². The third-order valence-corrected chi connectivity index (χ3v) is 11.3. The summed E-state index contributed by atoms with van der Waals surface area (Å²) in [5, 5.41) is 10.7. The van der Waals surface area contributed by atoms with Gasteiger partial charge in [-0.2, -0.15) is 0 Å². The lowest BCUT2D eigenvalue weighted by Crippen LogP contribution is -2.57. The van der Waals surface area contributed by atoms with Crippen LogP contribution in [0.25, 0.3) is 0 Å². The van der Waals surface area contributed by atoms with Crippen LogP contribution in [0.15, 0.2) is 52.3 Å². The molecule has 0 radical (unpaired) electrons. The quantitative estimate of drug-likeness (QED) is 0.327. The molecule has 2 heterocycles. The molecule has 43 heavy (non-hydrogen) atoms. The van der Waals surface area contributed by atoms with E-state index >= 15 is 0 Å². The van der Waals surface area contributed by atoms with E-state index in [0.717, 1.165) is 24.9 Å². The predicted molar refractivity (Wildman–Crippen MR) is 162 cm³/mol. The van der Waals surface area contributed by atoms with E-state index in [1.54, 1.807) is 12.1 Å². The van der Waals surface area contributed by atoms with Crippen LogP contribution in [-0.4, -0.2) is 51.5 Å². The summed E-state index contributed by atoms with van der Waals surface area (Å²) in [7, 11) is -4.09. The number of carbonyl (C=O) groups excluding carboxylic acids is 1. The Balaban J connectivity index is 1.17. The minimum Gasteiger partial charge on any atom is -0.486 e. The summed E-state index contributed by atoms with van der Waals surface area (Å²) < 4.78 is 57.0. The van der Waals surface area contributed by atoms with Crippen molar-refractivity contribution in [1.29, 1.82) is 0 Å². The largest absolute Gasteiger partial charge is 0.486 e. The topological polar surface area (TPSA) is 96.5 Å². The molecule has 1 saturated carbocycles. The van der Waals surface area contributed by atoms with Crippen LogP contribution in [0.3, 0.4) is 0 Å². The van der Waals surface area contributed by atoms with Gasteiger partial charge in [0.05, 0.1) is 10.9 Å². The predicted octanol–water partition coefficient (Wildman–Crippen LogP) is 6.04. The Morgan fingerprint density at radius 3 is 2.37 bits per heavy atom. The smallest absolute Gasteiger partial charge is 0.272 e. The number of sulfone groups is 1. The summed E-state index contributed by atoms with van der Waals surface area (Å²) in [4.78, 5) is 12.8. The number of nitrogens with one attached hydrogen (secondary N) is 3. The fourth-order valence-corrected chi connectivity index (χ4v) is 8.57. The minimum absolute atomic E-state index is 0.0322. The summed E-state index contributed by atoms with van der Waals surface area (Å²) >= 11 is 6.01. The number of benzene rings is 2. The van der Waals surface area contributed by atoms with Crippen LogP contribution in [0, 0.1) is 5.92 Å². The van der Waals surface area contributed by atoms with E-state index in [9.17, 15) is 22.0 Å². The molecule has 2 aromatic rings. The second kappa shape index (κ2) is 14.2. The number of alkyl halides is 2. The maximum Gasteiger partial charge on any atom is 0.272 e. The van der Waals surface area contributed by atoms with Gasteiger partial charge in [-0.3, -0.25) is 4.79 Å². The van der Waals surface area contributed by atoms with Crippen molar-refractivity contribution in [2.24, 2.45) is 5.92 Å². The highest BCUT2D eigenvalue weighted by molar-refractivity contribution is 7.91. The van der Waals surface area contributed by atoms with Gasteiger partial charge in [0.15, 0.2) is 0 Å². The molecule has 7 nitrogen and oxygen atoms in total. The second-order valence-electron chi connectivity index (χ2n) is 12.3. The van der Waals surface area contributed by atoms with Crippen LogP contribution in [0.5, 0.6) is 5.75 Å². The zero-order valence-corrected chi connectivity index (χ0v) is 26.0. The van der Waals surface area contributed by atoms with Crippen molar-refractivity contribution in [3.05, 3.63) is 53.1 Å². The molecule has 236 valence electrons. The lowest BCUT2D eigenvalue weighted by Gasteiger charge is -2.44. The third-order valence-electron chi connectivity index (χ3n) is 9.26. The molecular weight excluding hydrogens is 596 g/mol. The summed E-state index contributed by atoms with van der Waals surface area (Å²) in [6, 6.07) is 10.1. The number of hydrogen-bond acceptors (Lipinski definition) is 6. The standard InChI is InChI=1S/C32H42ClF2N3O4S/c33-24-10-13-28(42-21-30(34)35)29(17-24)43(40,41)25-11-8-22(9-12-25)19-36-31(39)26-16-23-20-37-32(18-27(23)38-26)14-6-4-2-1-3-5-7-15-32/h8-13,17,23,26-27,30,37-38H,1-7,14-16,18-21H2,(H,36,39). The maximum absolute atomic E-state index is 13.3. The zero-order valence-electron chi connectivity index (χ0n) is 24.4. The van der Waals surface area contributed by atoms with Crippen molar-refractivity contribution in [2.45, 2.75) is 111 Å². The molecule has 2 aliphatic heterocycles. The third kappa shape index (κ3) is 8.07. The molecule has 3 unspecified atom stereocenters. The van der Waals surface area contributed by atoms with E-state index in [1.807, 2.05) is 0 Å². The Bertz CT molecular complexity index is 1350. The Hall–Kier alpha value is -2.27. The monoisotopic (exact) mass is 637 g/mol. The van der Waals surface area contributed by atoms with E-state index in [0.29, 0.717) is 12.0 Å². The van der Waals surface area contributed by atoms with Crippen molar-refractivity contribution >= 4 is 27.3 Å². The van der Waals surface area contributed by atoms with Gasteiger partial charge in [-0.05, 0) is 67.5 Å². The molecular formula is C32H42ClF2N3O4S. The average molecular weight is 638 g/mol. The first-order valence-corrected chi connectivity index (χ1v) is 17.3. The first kappa shape index (κ1) is 32.1. The molecule has 3 fully saturated rings. The molecule has 0 bridgehead atoms. The highest BCUT2D eigenvalue weighted by atomic mass is 35.5. The molecule has 3 aliphatic rings. The van der Waals surface area contributed by atoms with Gasteiger partial charge >= 0.3 is 0 Å². The highest BCUT2D eigenvalue weighted by Crippen LogP contribution is 2.38. The number of hydrogen-bond donors (Lipinski definition) is 3. The fourth-order valence-electron chi connectivity index (χ4n) is 6.91. The molecule has 5 rings (SSSR count). The molecule has 2 saturated heterocycles. The Morgan fingerprint density at radius 2 is 1.70 bits per heavy atom. The number of carbonyl (C=O) groups is 1. The summed E-state index contributed by atoms with van der Waals surface area (Å²) in [6.45, 7) is 0.269. The Morgan fingerprint density at radius 1 is 1.02 bits per heavy atom. The first-order valence-electron chi connectivity index (χ1n) is 15.5. The van der Waals surface area contributed by atoms with Crippen molar-refractivity contribution in [1.82, 2.24) is 16.0 Å². The van der Waals surface area contributed by atoms with Crippen LogP contribution in [0.4, 0.5) is 8.78 Å². The fraction of sp³-hybridized carbons (Fsp3) is 0.594. The van der Waals surface area contributed by atoms with E-state index in [4.69, 9.17) is 16.3 Å². The second-order valence-corrected chi connectivity index (χ2v) is 14.7. The van der Waals surface area contributed by atoms with Gasteiger partial charge < -0.3 is 20.7 Å². The number of rotatable bonds is 8. The molecule has 3 N–H and O–H groups in total. The van der Waals surface area contributed by atoms with Crippen LogP contribution in [-0.2, 0) is 21.2 Å². The van der Waals surface area contributed by atoms with E-state index < -0.39 is 22.9 Å². The van der Waals surface area contributed by atoms with Crippen molar-refractivity contribution < 1.29 is 26.7 Å². The van der Waals surface area contributed by atoms with Gasteiger partial charge in [0.1, 0.15) is 17.3 Å². The molecule has 0 aromatic heterocycles. The van der Waals surface area contributed by atoms with Crippen molar-refractivity contribution in [2.75, 3.05) is 13.2 Å². The van der Waals surface area contributed by atoms with Gasteiger partial charge in [-0.15, -0.1) is 0 Å². The first-order chi connectivity index (χ1) is 20.6. The summed E-state index contributed by atoms with van der Waals surface area (Å²) in [5.74, 6) is 0.195. The van der Waals surface area contributed by atoms with Crippen LogP contribution in [0.2, 0.25) is 5.02 Å². The van der Waals surface area contributed by atoms with Crippen LogP contribution < -0.4 is 20.7 Å². The van der Waals surface area contributed by atoms with Gasteiger partial charge in [-0.1, -0.05) is 68.7 Å². The highest BCUT2D eigenvalue weighted by Gasteiger charge is 2.45. The van der Waals surface area contributed by atoms with E-state index in [2.05, 4.69) is 16.0 Å². The van der Waals surface area contributed by atoms with Gasteiger partial charge in [0.25, 0.3) is 6.43 Å². The Kier molecular flexibility index (Phi) is 10.6. The number of amides is 1. The number of halogens is 3. The molecule has 3 atom stereocenters.